The first-order valence-electron chi connectivity index (χ1n) is 7.71. The van der Waals surface area contributed by atoms with Crippen LogP contribution in [0.25, 0.3) is 0 Å². The van der Waals surface area contributed by atoms with Gasteiger partial charge in [-0.2, -0.15) is 2.52 Å². The van der Waals surface area contributed by atoms with Crippen molar-refractivity contribution in [3.05, 3.63) is 29.8 Å². The normalized spacial score (nSPS) is 24.4. The van der Waals surface area contributed by atoms with Crippen LogP contribution in [-0.4, -0.2) is 35.1 Å². The van der Waals surface area contributed by atoms with Gasteiger partial charge in [-0.1, -0.05) is 24.1 Å². The van der Waals surface area contributed by atoms with E-state index in [-0.39, 0.29) is 4.90 Å². The fourth-order valence-electron chi connectivity index (χ4n) is 3.41. The summed E-state index contributed by atoms with van der Waals surface area (Å²) in [6.07, 6.45) is 3.66. The lowest BCUT2D eigenvalue weighted by Crippen LogP contribution is -2.46. The molecule has 1 aromatic carbocycles. The maximum atomic E-state index is 12.5. The largest absolute Gasteiger partial charge is 0.355 e. The number of halogens is 1. The number of sulfonamides is 1. The monoisotopic (exact) mass is 449 g/mol. The molecule has 1 aliphatic heterocycles. The summed E-state index contributed by atoms with van der Waals surface area (Å²) in [5, 5.41) is 1.85. The zero-order chi connectivity index (χ0) is 16.6. The molecule has 1 N–H and O–H groups in total. The minimum atomic E-state index is -3.83. The molecule has 126 valence electrons. The van der Waals surface area contributed by atoms with Crippen LogP contribution >= 0.6 is 22.9 Å². The third-order valence-corrected chi connectivity index (χ3v) is 8.12. The molecule has 1 heterocycles. The van der Waals surface area contributed by atoms with Gasteiger partial charge < -0.3 is 0 Å². The second-order valence-corrected chi connectivity index (χ2v) is 9.71. The zero-order valence-corrected chi connectivity index (χ0v) is 15.9. The van der Waals surface area contributed by atoms with Crippen molar-refractivity contribution in [2.24, 2.45) is 11.8 Å². The van der Waals surface area contributed by atoms with Gasteiger partial charge in [0.1, 0.15) is 0 Å². The van der Waals surface area contributed by atoms with E-state index in [0.29, 0.717) is 11.8 Å². The fraction of sp³-hybridized carbons (Fsp3) is 0.533. The van der Waals surface area contributed by atoms with Crippen LogP contribution in [0.3, 0.4) is 0 Å². The molecule has 0 spiro atoms. The van der Waals surface area contributed by atoms with Crippen molar-refractivity contribution in [1.29, 1.82) is 0 Å². The number of benzene rings is 1. The lowest BCUT2D eigenvalue weighted by Gasteiger charge is -2.22. The Labute approximate surface area is 150 Å². The molecule has 6 nitrogen and oxygen atoms in total. The lowest BCUT2D eigenvalue weighted by molar-refractivity contribution is 0.188. The SMILES string of the molecule is Cc1ccc(S(=O)(=O)N(I)C(=O)NN2CC3CCCC3C2)cc1. The summed E-state index contributed by atoms with van der Waals surface area (Å²) in [5.41, 5.74) is 3.70. The molecule has 2 aliphatic rings. The summed E-state index contributed by atoms with van der Waals surface area (Å²) < 4.78 is 25.7. The van der Waals surface area contributed by atoms with Crippen LogP contribution in [0.1, 0.15) is 24.8 Å². The molecule has 2 amide bonds. The molecule has 1 aromatic rings. The fourth-order valence-corrected chi connectivity index (χ4v) is 5.13. The van der Waals surface area contributed by atoms with Crippen molar-refractivity contribution >= 4 is 38.9 Å². The number of nitrogens with zero attached hydrogens (tertiary/aromatic N) is 2. The van der Waals surface area contributed by atoms with Gasteiger partial charge in [0.25, 0.3) is 10.0 Å². The van der Waals surface area contributed by atoms with Gasteiger partial charge in [-0.05, 0) is 43.7 Å². The van der Waals surface area contributed by atoms with Crippen LogP contribution in [0, 0.1) is 18.8 Å². The van der Waals surface area contributed by atoms with Crippen molar-refractivity contribution < 1.29 is 13.2 Å². The molecule has 1 aliphatic carbocycles. The molecule has 1 saturated heterocycles. The molecule has 0 bridgehead atoms. The minimum absolute atomic E-state index is 0.117. The van der Waals surface area contributed by atoms with Crippen molar-refractivity contribution in [3.8, 4) is 0 Å². The highest BCUT2D eigenvalue weighted by Gasteiger charge is 2.38. The van der Waals surface area contributed by atoms with E-state index in [1.165, 1.54) is 31.4 Å². The molecule has 3 rings (SSSR count). The quantitative estimate of drug-likeness (QED) is 0.569. The molecule has 8 heteroatoms. The lowest BCUT2D eigenvalue weighted by atomic mass is 10.0. The molecule has 2 unspecified atom stereocenters. The summed E-state index contributed by atoms with van der Waals surface area (Å²) >= 11 is 1.55. The Morgan fingerprint density at radius 1 is 1.22 bits per heavy atom. The summed E-state index contributed by atoms with van der Waals surface area (Å²) in [4.78, 5) is 12.4. The predicted molar refractivity (Wildman–Crippen MR) is 95.2 cm³/mol. The van der Waals surface area contributed by atoms with Crippen LogP contribution in [0.15, 0.2) is 29.2 Å². The van der Waals surface area contributed by atoms with Crippen LogP contribution in [0.5, 0.6) is 0 Å². The van der Waals surface area contributed by atoms with E-state index in [4.69, 9.17) is 0 Å². The van der Waals surface area contributed by atoms with Gasteiger partial charge in [0, 0.05) is 13.1 Å². The number of nitrogens with one attached hydrogen (secondary N) is 1. The molecular formula is C15H20IN3O3S. The van der Waals surface area contributed by atoms with Crippen LogP contribution in [0.4, 0.5) is 4.79 Å². The van der Waals surface area contributed by atoms with Gasteiger partial charge in [-0.3, -0.25) is 5.43 Å². The Morgan fingerprint density at radius 3 is 2.35 bits per heavy atom. The third-order valence-electron chi connectivity index (χ3n) is 4.67. The summed E-state index contributed by atoms with van der Waals surface area (Å²) in [6.45, 7) is 3.51. The average molecular weight is 449 g/mol. The second kappa shape index (κ2) is 6.56. The molecule has 1 saturated carbocycles. The topological polar surface area (TPSA) is 69.7 Å². The number of aryl methyl sites for hydroxylation is 1. The minimum Gasteiger partial charge on any atom is -0.269 e. The average Bonchev–Trinajstić information content (AvgIpc) is 3.08. The van der Waals surface area contributed by atoms with Crippen molar-refractivity contribution in [2.75, 3.05) is 13.1 Å². The number of carbonyl (C=O) groups excluding carboxylic acids is 1. The van der Waals surface area contributed by atoms with E-state index < -0.39 is 16.1 Å². The Hall–Kier alpha value is -0.870. The molecular weight excluding hydrogens is 429 g/mol. The first kappa shape index (κ1) is 17.0. The number of amides is 2. The number of rotatable bonds is 3. The maximum absolute atomic E-state index is 12.5. The number of carbonyl (C=O) groups is 1. The summed E-state index contributed by atoms with van der Waals surface area (Å²) in [6, 6.07) is 5.85. The number of hydrogen-bond acceptors (Lipinski definition) is 4. The van der Waals surface area contributed by atoms with E-state index >= 15 is 0 Å². The molecule has 2 fully saturated rings. The number of urea groups is 1. The van der Waals surface area contributed by atoms with Crippen LogP contribution in [-0.2, 0) is 10.0 Å². The Kier molecular flexibility index (Phi) is 4.84. The number of hydrazine groups is 1. The standard InChI is InChI=1S/C15H20IN3O3S/c1-11-5-7-14(8-6-11)23(21,22)19(16)15(20)17-18-9-12-3-2-4-13(12)10-18/h5-8,12-13H,2-4,9-10H2,1H3,(H,17,20). The molecule has 2 atom stereocenters. The number of hydrogen-bond donors (Lipinski definition) is 1. The maximum Gasteiger partial charge on any atom is 0.355 e. The highest BCUT2D eigenvalue weighted by molar-refractivity contribution is 14.1. The van der Waals surface area contributed by atoms with Crippen LogP contribution < -0.4 is 5.43 Å². The van der Waals surface area contributed by atoms with Gasteiger partial charge in [-0.25, -0.2) is 18.2 Å². The Bertz CT molecular complexity index is 680. The van der Waals surface area contributed by atoms with Gasteiger partial charge in [0.05, 0.1) is 27.8 Å². The van der Waals surface area contributed by atoms with Crippen LogP contribution in [0.2, 0.25) is 0 Å². The predicted octanol–water partition coefficient (Wildman–Crippen LogP) is 2.69. The van der Waals surface area contributed by atoms with E-state index in [2.05, 4.69) is 5.43 Å². The van der Waals surface area contributed by atoms with Gasteiger partial charge in [0.15, 0.2) is 0 Å². The van der Waals surface area contributed by atoms with Crippen molar-refractivity contribution in [2.45, 2.75) is 31.1 Å². The molecule has 0 radical (unpaired) electrons. The Balaban J connectivity index is 1.66. The van der Waals surface area contributed by atoms with E-state index in [0.717, 1.165) is 21.2 Å². The van der Waals surface area contributed by atoms with E-state index in [1.807, 2.05) is 11.9 Å². The molecule has 23 heavy (non-hydrogen) atoms. The highest BCUT2D eigenvalue weighted by Crippen LogP contribution is 2.37. The van der Waals surface area contributed by atoms with Gasteiger partial charge >= 0.3 is 6.03 Å². The number of fused-ring (bicyclic) bond motifs is 1. The Morgan fingerprint density at radius 2 is 1.78 bits per heavy atom. The van der Waals surface area contributed by atoms with Gasteiger partial charge in [-0.15, -0.1) is 0 Å². The van der Waals surface area contributed by atoms with E-state index in [9.17, 15) is 13.2 Å². The smallest absolute Gasteiger partial charge is 0.269 e. The second-order valence-electron chi connectivity index (χ2n) is 6.31. The molecule has 0 aromatic heterocycles. The first-order valence-corrected chi connectivity index (χ1v) is 10.1. The van der Waals surface area contributed by atoms with Crippen molar-refractivity contribution in [3.63, 3.8) is 0 Å². The summed E-state index contributed by atoms with van der Waals surface area (Å²) in [7, 11) is -3.83. The first-order chi connectivity index (χ1) is 10.9. The van der Waals surface area contributed by atoms with Gasteiger partial charge in [0.2, 0.25) is 0 Å². The van der Waals surface area contributed by atoms with Crippen molar-refractivity contribution in [1.82, 2.24) is 13.0 Å². The van der Waals surface area contributed by atoms with E-state index in [1.54, 1.807) is 35.0 Å². The third kappa shape index (κ3) is 3.48. The summed E-state index contributed by atoms with van der Waals surface area (Å²) in [5.74, 6) is 1.26. The zero-order valence-electron chi connectivity index (χ0n) is 12.9. The highest BCUT2D eigenvalue weighted by atomic mass is 127.